The lowest BCUT2D eigenvalue weighted by atomic mass is 9.80. The number of hydrogen-bond acceptors (Lipinski definition) is 0. The van der Waals surface area contributed by atoms with E-state index in [0.29, 0.717) is 0 Å². The minimum atomic E-state index is 0.162. The molecule has 0 amide bonds. The summed E-state index contributed by atoms with van der Waals surface area (Å²) in [5.74, 6) is 0. The summed E-state index contributed by atoms with van der Waals surface area (Å²) in [5, 5.41) is 1.39. The molecule has 1 nitrogen and oxygen atoms in total. The first-order valence-electron chi connectivity index (χ1n) is 7.80. The van der Waals surface area contributed by atoms with Gasteiger partial charge in [-0.25, -0.2) is 0 Å². The Hall–Kier alpha value is -1.24. The average molecular weight is 271 g/mol. The molecule has 0 atom stereocenters. The van der Waals surface area contributed by atoms with E-state index in [1.54, 1.807) is 0 Å². The van der Waals surface area contributed by atoms with Crippen molar-refractivity contribution in [1.82, 2.24) is 4.98 Å². The molecule has 0 bridgehead atoms. The number of hydrogen-bond donors (Lipinski definition) is 1. The average Bonchev–Trinajstić information content (AvgIpc) is 2.66. The van der Waals surface area contributed by atoms with Crippen LogP contribution in [0.4, 0.5) is 0 Å². The molecule has 0 fully saturated rings. The molecule has 1 heteroatoms. The highest BCUT2D eigenvalue weighted by Crippen LogP contribution is 2.37. The Balaban J connectivity index is 2.71. The monoisotopic (exact) mass is 271 g/mol. The van der Waals surface area contributed by atoms with Gasteiger partial charge in [0.1, 0.15) is 0 Å². The molecule has 0 unspecified atom stereocenters. The number of fused-ring (bicyclic) bond motifs is 1. The molecule has 2 rings (SSSR count). The van der Waals surface area contributed by atoms with Gasteiger partial charge in [-0.2, -0.15) is 0 Å². The zero-order valence-electron chi connectivity index (χ0n) is 14.1. The second kappa shape index (κ2) is 4.95. The van der Waals surface area contributed by atoms with Crippen LogP contribution in [-0.4, -0.2) is 4.98 Å². The fourth-order valence-corrected chi connectivity index (χ4v) is 3.43. The molecule has 0 aliphatic rings. The maximum Gasteiger partial charge on any atom is 0.0497 e. The molecular formula is C19H29N. The zero-order valence-corrected chi connectivity index (χ0v) is 14.1. The van der Waals surface area contributed by atoms with Crippen LogP contribution in [0.25, 0.3) is 10.9 Å². The third kappa shape index (κ3) is 2.51. The summed E-state index contributed by atoms with van der Waals surface area (Å²) in [6.45, 7) is 16.1. The summed E-state index contributed by atoms with van der Waals surface area (Å²) in [6.07, 6.45) is 2.43. The van der Waals surface area contributed by atoms with Gasteiger partial charge in [-0.3, -0.25) is 0 Å². The van der Waals surface area contributed by atoms with Crippen LogP contribution >= 0.6 is 0 Å². The molecule has 1 aromatic carbocycles. The molecule has 1 heterocycles. The molecule has 20 heavy (non-hydrogen) atoms. The summed E-state index contributed by atoms with van der Waals surface area (Å²) >= 11 is 0. The Kier molecular flexibility index (Phi) is 3.75. The van der Waals surface area contributed by atoms with E-state index in [-0.39, 0.29) is 10.8 Å². The van der Waals surface area contributed by atoms with Crippen LogP contribution in [0.2, 0.25) is 0 Å². The Labute approximate surface area is 123 Å². The molecule has 0 saturated heterocycles. The number of aromatic amines is 1. The fourth-order valence-electron chi connectivity index (χ4n) is 3.43. The summed E-state index contributed by atoms with van der Waals surface area (Å²) in [4.78, 5) is 3.74. The van der Waals surface area contributed by atoms with Crippen LogP contribution in [0.3, 0.4) is 0 Å². The van der Waals surface area contributed by atoms with Gasteiger partial charge in [0.15, 0.2) is 0 Å². The largest absolute Gasteiger partial charge is 0.357 e. The van der Waals surface area contributed by atoms with Gasteiger partial charge in [-0.05, 0) is 29.9 Å². The second-order valence-electron chi connectivity index (χ2n) is 7.74. The van der Waals surface area contributed by atoms with Crippen molar-refractivity contribution in [1.29, 1.82) is 0 Å². The Morgan fingerprint density at radius 1 is 1.05 bits per heavy atom. The van der Waals surface area contributed by atoms with Crippen molar-refractivity contribution in [2.24, 2.45) is 0 Å². The van der Waals surface area contributed by atoms with E-state index >= 15 is 0 Å². The van der Waals surface area contributed by atoms with Gasteiger partial charge in [-0.15, -0.1) is 0 Å². The third-order valence-electron chi connectivity index (χ3n) is 4.45. The van der Waals surface area contributed by atoms with E-state index in [1.807, 2.05) is 0 Å². The predicted molar refractivity (Wildman–Crippen MR) is 89.7 cm³/mol. The van der Waals surface area contributed by atoms with Crippen molar-refractivity contribution in [2.75, 3.05) is 0 Å². The summed E-state index contributed by atoms with van der Waals surface area (Å²) in [7, 11) is 0. The maximum atomic E-state index is 3.74. The third-order valence-corrected chi connectivity index (χ3v) is 4.45. The predicted octanol–water partition coefficient (Wildman–Crippen LogP) is 5.85. The smallest absolute Gasteiger partial charge is 0.0497 e. The first kappa shape index (κ1) is 15.2. The summed E-state index contributed by atoms with van der Waals surface area (Å²) < 4.78 is 0. The number of aromatic nitrogens is 1. The van der Waals surface area contributed by atoms with Gasteiger partial charge in [0.25, 0.3) is 0 Å². The highest BCUT2D eigenvalue weighted by molar-refractivity contribution is 5.88. The maximum absolute atomic E-state index is 3.74. The van der Waals surface area contributed by atoms with Crippen LogP contribution in [0.15, 0.2) is 18.2 Å². The van der Waals surface area contributed by atoms with Crippen molar-refractivity contribution in [3.8, 4) is 0 Å². The highest BCUT2D eigenvalue weighted by Gasteiger charge is 2.26. The lowest BCUT2D eigenvalue weighted by Crippen LogP contribution is -2.17. The zero-order chi connectivity index (χ0) is 15.1. The van der Waals surface area contributed by atoms with Crippen LogP contribution in [0, 0.1) is 6.92 Å². The molecule has 0 aliphatic carbocycles. The summed E-state index contributed by atoms with van der Waals surface area (Å²) in [6, 6.07) is 6.75. The van der Waals surface area contributed by atoms with Gasteiger partial charge in [-0.1, -0.05) is 66.2 Å². The highest BCUT2D eigenvalue weighted by atomic mass is 14.7. The number of rotatable bonds is 3. The second-order valence-corrected chi connectivity index (χ2v) is 7.74. The molecule has 2 aromatic rings. The van der Waals surface area contributed by atoms with Gasteiger partial charge in [0.05, 0.1) is 0 Å². The van der Waals surface area contributed by atoms with Crippen LogP contribution < -0.4 is 0 Å². The SMILES string of the molecule is CCCC(C)(C)c1cccc2c(C)c(C(C)(C)C)[nH]c12. The van der Waals surface area contributed by atoms with Gasteiger partial charge in [0.2, 0.25) is 0 Å². The summed E-state index contributed by atoms with van der Waals surface area (Å²) in [5.41, 5.74) is 5.95. The number of aryl methyl sites for hydroxylation is 1. The Morgan fingerprint density at radius 2 is 1.70 bits per heavy atom. The molecule has 110 valence electrons. The van der Waals surface area contributed by atoms with Crippen molar-refractivity contribution in [3.63, 3.8) is 0 Å². The topological polar surface area (TPSA) is 15.8 Å². The van der Waals surface area contributed by atoms with Gasteiger partial charge in [0, 0.05) is 22.0 Å². The quantitative estimate of drug-likeness (QED) is 0.720. The minimum Gasteiger partial charge on any atom is -0.357 e. The number of H-pyrrole nitrogens is 1. The van der Waals surface area contributed by atoms with Crippen molar-refractivity contribution >= 4 is 10.9 Å². The van der Waals surface area contributed by atoms with Crippen molar-refractivity contribution in [3.05, 3.63) is 35.0 Å². The van der Waals surface area contributed by atoms with Crippen molar-refractivity contribution in [2.45, 2.75) is 72.1 Å². The molecule has 0 spiro atoms. The van der Waals surface area contributed by atoms with E-state index in [9.17, 15) is 0 Å². The Bertz CT molecular complexity index is 608. The van der Waals surface area contributed by atoms with Gasteiger partial charge < -0.3 is 4.98 Å². The first-order chi connectivity index (χ1) is 9.18. The minimum absolute atomic E-state index is 0.162. The number of para-hydroxylation sites is 1. The van der Waals surface area contributed by atoms with E-state index in [1.165, 1.54) is 40.6 Å². The van der Waals surface area contributed by atoms with Crippen LogP contribution in [-0.2, 0) is 10.8 Å². The number of nitrogens with one attached hydrogen (secondary N) is 1. The van der Waals surface area contributed by atoms with Gasteiger partial charge >= 0.3 is 0 Å². The van der Waals surface area contributed by atoms with Crippen LogP contribution in [0.5, 0.6) is 0 Å². The van der Waals surface area contributed by atoms with E-state index in [0.717, 1.165) is 0 Å². The fraction of sp³-hybridized carbons (Fsp3) is 0.579. The lowest BCUT2D eigenvalue weighted by molar-refractivity contribution is 0.476. The Morgan fingerprint density at radius 3 is 2.25 bits per heavy atom. The first-order valence-corrected chi connectivity index (χ1v) is 7.80. The molecule has 0 radical (unpaired) electrons. The van der Waals surface area contributed by atoms with E-state index < -0.39 is 0 Å². The molecule has 0 aliphatic heterocycles. The standard InChI is InChI=1S/C19H29N/c1-8-12-19(6,7)15-11-9-10-14-13(2)17(18(3,4)5)20-16(14)15/h9-11,20H,8,12H2,1-7H3. The molecule has 1 N–H and O–H groups in total. The normalized spacial score (nSPS) is 13.2. The van der Waals surface area contributed by atoms with Crippen molar-refractivity contribution < 1.29 is 0 Å². The van der Waals surface area contributed by atoms with E-state index in [4.69, 9.17) is 0 Å². The lowest BCUT2D eigenvalue weighted by Gasteiger charge is -2.25. The van der Waals surface area contributed by atoms with E-state index in [2.05, 4.69) is 71.6 Å². The van der Waals surface area contributed by atoms with Crippen LogP contribution in [0.1, 0.15) is 71.2 Å². The molecule has 0 saturated carbocycles. The molecule has 1 aromatic heterocycles. The number of benzene rings is 1. The molecular weight excluding hydrogens is 242 g/mol.